The van der Waals surface area contributed by atoms with Crippen molar-refractivity contribution < 1.29 is 4.79 Å². The summed E-state index contributed by atoms with van der Waals surface area (Å²) in [6, 6.07) is 15.8. The summed E-state index contributed by atoms with van der Waals surface area (Å²) in [6.45, 7) is 4.22. The molecule has 8 heteroatoms. The Balaban J connectivity index is 0.00000341. The van der Waals surface area contributed by atoms with Crippen molar-refractivity contribution >= 4 is 46.9 Å². The second-order valence-electron chi connectivity index (χ2n) is 7.29. The maximum Gasteiger partial charge on any atom is 0.253 e. The quantitative estimate of drug-likeness (QED) is 0.236. The van der Waals surface area contributed by atoms with Crippen molar-refractivity contribution in [2.24, 2.45) is 4.99 Å². The number of aromatic amines is 1. The molecule has 0 aliphatic heterocycles. The van der Waals surface area contributed by atoms with Crippen LogP contribution in [0.15, 0.2) is 53.5 Å². The molecular weight excluding hydrogens is 503 g/mol. The van der Waals surface area contributed by atoms with E-state index in [0.717, 1.165) is 54.3 Å². The number of nitrogens with one attached hydrogen (secondary N) is 3. The number of hydrogen-bond acceptors (Lipinski definition) is 3. The molecule has 1 amide bonds. The largest absolute Gasteiger partial charge is 0.357 e. The molecular formula is C23H31IN6O. The average molecular weight is 534 g/mol. The van der Waals surface area contributed by atoms with Crippen LogP contribution >= 0.6 is 24.0 Å². The Kier molecular flexibility index (Phi) is 9.77. The number of aromatic nitrogens is 2. The van der Waals surface area contributed by atoms with E-state index in [9.17, 15) is 4.79 Å². The van der Waals surface area contributed by atoms with Gasteiger partial charge in [-0.3, -0.25) is 9.79 Å². The molecule has 0 bridgehead atoms. The van der Waals surface area contributed by atoms with Gasteiger partial charge in [0.1, 0.15) is 5.82 Å². The number of fused-ring (bicyclic) bond motifs is 1. The SMILES string of the molecule is CCNC(=NCCc1nc2ccccc2[nH]1)NCCc1cccc(C(=O)N(C)C)c1.I. The van der Waals surface area contributed by atoms with E-state index < -0.39 is 0 Å². The molecule has 166 valence electrons. The number of H-pyrrole nitrogens is 1. The molecule has 3 aromatic rings. The smallest absolute Gasteiger partial charge is 0.253 e. The third kappa shape index (κ3) is 7.23. The zero-order valence-corrected chi connectivity index (χ0v) is 20.6. The van der Waals surface area contributed by atoms with Gasteiger partial charge in [0.05, 0.1) is 11.0 Å². The maximum atomic E-state index is 12.1. The first-order valence-electron chi connectivity index (χ1n) is 10.3. The Hall–Kier alpha value is -2.62. The molecule has 0 saturated heterocycles. The minimum absolute atomic E-state index is 0. The van der Waals surface area contributed by atoms with Crippen LogP contribution < -0.4 is 10.6 Å². The van der Waals surface area contributed by atoms with Crippen molar-refractivity contribution in [1.29, 1.82) is 0 Å². The van der Waals surface area contributed by atoms with Crippen molar-refractivity contribution in [2.75, 3.05) is 33.7 Å². The first-order chi connectivity index (χ1) is 14.6. The second-order valence-corrected chi connectivity index (χ2v) is 7.29. The molecule has 0 aliphatic carbocycles. The zero-order valence-electron chi connectivity index (χ0n) is 18.3. The van der Waals surface area contributed by atoms with Crippen LogP contribution in [0.4, 0.5) is 0 Å². The third-order valence-corrected chi connectivity index (χ3v) is 4.69. The van der Waals surface area contributed by atoms with E-state index in [1.165, 1.54) is 0 Å². The number of imidazole rings is 1. The molecule has 0 unspecified atom stereocenters. The molecule has 3 rings (SSSR count). The van der Waals surface area contributed by atoms with Crippen LogP contribution in [0, 0.1) is 0 Å². The Morgan fingerprint density at radius 1 is 1.10 bits per heavy atom. The number of carbonyl (C=O) groups is 1. The van der Waals surface area contributed by atoms with Gasteiger partial charge in [-0.1, -0.05) is 24.3 Å². The highest BCUT2D eigenvalue weighted by Gasteiger charge is 2.08. The normalized spacial score (nSPS) is 11.1. The fourth-order valence-electron chi connectivity index (χ4n) is 3.18. The van der Waals surface area contributed by atoms with Crippen molar-refractivity contribution in [3.63, 3.8) is 0 Å². The van der Waals surface area contributed by atoms with E-state index in [0.29, 0.717) is 12.1 Å². The molecule has 3 N–H and O–H groups in total. The number of benzene rings is 2. The number of guanidine groups is 1. The van der Waals surface area contributed by atoms with E-state index >= 15 is 0 Å². The van der Waals surface area contributed by atoms with Gasteiger partial charge in [-0.25, -0.2) is 4.98 Å². The summed E-state index contributed by atoms with van der Waals surface area (Å²) in [5, 5.41) is 6.64. The summed E-state index contributed by atoms with van der Waals surface area (Å²) in [7, 11) is 3.53. The lowest BCUT2D eigenvalue weighted by Crippen LogP contribution is -2.38. The molecule has 0 aliphatic rings. The Bertz CT molecular complexity index is 981. The lowest BCUT2D eigenvalue weighted by Gasteiger charge is -2.13. The van der Waals surface area contributed by atoms with Crippen LogP contribution in [0.1, 0.15) is 28.7 Å². The van der Waals surface area contributed by atoms with Crippen LogP contribution in [0.5, 0.6) is 0 Å². The molecule has 2 aromatic carbocycles. The van der Waals surface area contributed by atoms with Gasteiger partial charge < -0.3 is 20.5 Å². The van der Waals surface area contributed by atoms with Crippen LogP contribution in [-0.4, -0.2) is 60.5 Å². The molecule has 0 atom stereocenters. The molecule has 31 heavy (non-hydrogen) atoms. The number of carbonyl (C=O) groups excluding carboxylic acids is 1. The number of amides is 1. The Morgan fingerprint density at radius 3 is 2.65 bits per heavy atom. The predicted octanol–water partition coefficient (Wildman–Crippen LogP) is 3.22. The van der Waals surface area contributed by atoms with E-state index in [-0.39, 0.29) is 29.9 Å². The fraction of sp³-hybridized carbons (Fsp3) is 0.348. The third-order valence-electron chi connectivity index (χ3n) is 4.69. The number of nitrogens with zero attached hydrogens (tertiary/aromatic N) is 3. The Morgan fingerprint density at radius 2 is 1.90 bits per heavy atom. The zero-order chi connectivity index (χ0) is 21.3. The number of aliphatic imine (C=N–C) groups is 1. The van der Waals surface area contributed by atoms with Crippen LogP contribution in [0.3, 0.4) is 0 Å². The summed E-state index contributed by atoms with van der Waals surface area (Å²) in [5.74, 6) is 1.75. The topological polar surface area (TPSA) is 85.4 Å². The van der Waals surface area contributed by atoms with Gasteiger partial charge in [0, 0.05) is 45.7 Å². The number of para-hydroxylation sites is 2. The Labute approximate surface area is 200 Å². The van der Waals surface area contributed by atoms with E-state index in [1.54, 1.807) is 19.0 Å². The van der Waals surface area contributed by atoms with Gasteiger partial charge in [0.2, 0.25) is 0 Å². The molecule has 0 fully saturated rings. The maximum absolute atomic E-state index is 12.1. The minimum atomic E-state index is 0. The van der Waals surface area contributed by atoms with Gasteiger partial charge in [0.15, 0.2) is 5.96 Å². The van der Waals surface area contributed by atoms with E-state index in [4.69, 9.17) is 0 Å². The second kappa shape index (κ2) is 12.3. The van der Waals surface area contributed by atoms with Gasteiger partial charge in [-0.2, -0.15) is 0 Å². The molecule has 7 nitrogen and oxygen atoms in total. The van der Waals surface area contributed by atoms with E-state index in [1.807, 2.05) is 55.5 Å². The summed E-state index contributed by atoms with van der Waals surface area (Å²) >= 11 is 0. The van der Waals surface area contributed by atoms with Crippen molar-refractivity contribution in [1.82, 2.24) is 25.5 Å². The predicted molar refractivity (Wildman–Crippen MR) is 137 cm³/mol. The molecule has 0 saturated carbocycles. The van der Waals surface area contributed by atoms with Crippen LogP contribution in [-0.2, 0) is 12.8 Å². The van der Waals surface area contributed by atoms with Gasteiger partial charge in [-0.05, 0) is 43.2 Å². The first kappa shape index (κ1) is 24.6. The molecule has 1 aromatic heterocycles. The van der Waals surface area contributed by atoms with Crippen molar-refractivity contribution in [3.8, 4) is 0 Å². The molecule has 0 spiro atoms. The summed E-state index contributed by atoms with van der Waals surface area (Å²) in [4.78, 5) is 26.3. The minimum Gasteiger partial charge on any atom is -0.357 e. The number of halogens is 1. The summed E-state index contributed by atoms with van der Waals surface area (Å²) in [5.41, 5.74) is 3.87. The number of hydrogen-bond donors (Lipinski definition) is 3. The van der Waals surface area contributed by atoms with Crippen molar-refractivity contribution in [2.45, 2.75) is 19.8 Å². The first-order valence-corrected chi connectivity index (χ1v) is 10.3. The monoisotopic (exact) mass is 534 g/mol. The number of rotatable bonds is 8. The highest BCUT2D eigenvalue weighted by atomic mass is 127. The lowest BCUT2D eigenvalue weighted by atomic mass is 10.1. The van der Waals surface area contributed by atoms with E-state index in [2.05, 4.69) is 25.6 Å². The molecule has 0 radical (unpaired) electrons. The standard InChI is InChI=1S/C23H30N6O.HI/c1-4-24-23(26-15-13-21-27-19-10-5-6-11-20(19)28-21)25-14-12-17-8-7-9-18(16-17)22(30)29(2)3;/h5-11,16H,4,12-15H2,1-3H3,(H,27,28)(H2,24,25,26);1H. The van der Waals surface area contributed by atoms with Crippen LogP contribution in [0.25, 0.3) is 11.0 Å². The van der Waals surface area contributed by atoms with Crippen molar-refractivity contribution in [3.05, 3.63) is 65.5 Å². The lowest BCUT2D eigenvalue weighted by molar-refractivity contribution is 0.0827. The summed E-state index contributed by atoms with van der Waals surface area (Å²) < 4.78 is 0. The fourth-order valence-corrected chi connectivity index (χ4v) is 3.18. The van der Waals surface area contributed by atoms with Gasteiger partial charge >= 0.3 is 0 Å². The highest BCUT2D eigenvalue weighted by molar-refractivity contribution is 14.0. The van der Waals surface area contributed by atoms with Gasteiger partial charge in [0.25, 0.3) is 5.91 Å². The van der Waals surface area contributed by atoms with Crippen LogP contribution in [0.2, 0.25) is 0 Å². The average Bonchev–Trinajstić information content (AvgIpc) is 3.16. The highest BCUT2D eigenvalue weighted by Crippen LogP contribution is 2.10. The van der Waals surface area contributed by atoms with Gasteiger partial charge in [-0.15, -0.1) is 24.0 Å². The summed E-state index contributed by atoms with van der Waals surface area (Å²) in [6.07, 6.45) is 1.56. The molecule has 1 heterocycles.